The molecule has 0 aromatic heterocycles. The van der Waals surface area contributed by atoms with Gasteiger partial charge in [-0.3, -0.25) is 9.59 Å². The maximum Gasteiger partial charge on any atom is 0.225 e. The van der Waals surface area contributed by atoms with Gasteiger partial charge in [0.1, 0.15) is 5.75 Å². The first-order valence-corrected chi connectivity index (χ1v) is 11.1. The Labute approximate surface area is 173 Å². The maximum absolute atomic E-state index is 13.5. The molecule has 158 valence electrons. The van der Waals surface area contributed by atoms with Crippen LogP contribution in [0.1, 0.15) is 70.4 Å². The third-order valence-corrected chi connectivity index (χ3v) is 8.60. The lowest BCUT2D eigenvalue weighted by Crippen LogP contribution is -2.65. The second-order valence-corrected chi connectivity index (χ2v) is 10.2. The molecule has 2 aliphatic carbocycles. The number of amides is 2. The molecule has 1 saturated carbocycles. The van der Waals surface area contributed by atoms with Crippen LogP contribution in [0, 0.1) is 17.3 Å². The molecule has 2 fully saturated rings. The number of benzene rings is 1. The third-order valence-electron chi connectivity index (χ3n) is 8.60. The van der Waals surface area contributed by atoms with Crippen LogP contribution in [0.2, 0.25) is 0 Å². The number of hydrogen-bond donors (Lipinski definition) is 2. The monoisotopic (exact) mass is 398 g/mol. The van der Waals surface area contributed by atoms with Crippen LogP contribution in [0.4, 0.5) is 0 Å². The highest BCUT2D eigenvalue weighted by molar-refractivity contribution is 5.80. The minimum Gasteiger partial charge on any atom is -0.508 e. The predicted molar refractivity (Wildman–Crippen MR) is 112 cm³/mol. The van der Waals surface area contributed by atoms with Crippen LogP contribution < -0.4 is 5.73 Å². The molecule has 1 aromatic rings. The molecule has 2 amide bonds. The van der Waals surface area contributed by atoms with Gasteiger partial charge in [-0.25, -0.2) is 0 Å². The summed E-state index contributed by atoms with van der Waals surface area (Å²) in [6.07, 6.45) is 5.57. The summed E-state index contributed by atoms with van der Waals surface area (Å²) in [5, 5.41) is 10.5. The highest BCUT2D eigenvalue weighted by Gasteiger charge is 2.57. The van der Waals surface area contributed by atoms with Gasteiger partial charge in [0.2, 0.25) is 11.8 Å². The average Bonchev–Trinajstić information content (AvgIpc) is 2.65. The number of phenolic OH excluding ortho intramolecular Hbond substituents is 1. The molecule has 29 heavy (non-hydrogen) atoms. The number of carbonyl (C=O) groups excluding carboxylic acids is 2. The second-order valence-electron chi connectivity index (χ2n) is 10.2. The van der Waals surface area contributed by atoms with Gasteiger partial charge in [0, 0.05) is 30.3 Å². The van der Waals surface area contributed by atoms with Crippen molar-refractivity contribution in [3.8, 4) is 5.75 Å². The van der Waals surface area contributed by atoms with Crippen molar-refractivity contribution in [3.63, 3.8) is 0 Å². The number of aromatic hydroxyl groups is 1. The number of carbonyl (C=O) groups is 2. The third kappa shape index (κ3) is 3.13. The van der Waals surface area contributed by atoms with Gasteiger partial charge in [-0.1, -0.05) is 32.9 Å². The maximum atomic E-state index is 13.5. The van der Waals surface area contributed by atoms with E-state index in [0.717, 1.165) is 44.2 Å². The fourth-order valence-electron chi connectivity index (χ4n) is 6.32. The Morgan fingerprint density at radius 2 is 1.86 bits per heavy atom. The standard InChI is InChI=1S/C24H34N2O3/c1-23(2)20-14-17-18(5-4-6-19(17)27)24(23,3)11-12-26(20)22(29)16-9-7-15(8-10-16)13-21(25)28/h4-6,15-16,20,27H,7-14H2,1-3H3,(H2,25,28)/t15-,16+,20-,24+/m1/s1. The van der Waals surface area contributed by atoms with Gasteiger partial charge in [0.05, 0.1) is 0 Å². The Morgan fingerprint density at radius 1 is 1.17 bits per heavy atom. The highest BCUT2D eigenvalue weighted by atomic mass is 16.3. The van der Waals surface area contributed by atoms with Gasteiger partial charge in [-0.2, -0.15) is 0 Å². The van der Waals surface area contributed by atoms with Gasteiger partial charge in [0.25, 0.3) is 0 Å². The number of nitrogens with zero attached hydrogens (tertiary/aromatic N) is 1. The highest BCUT2D eigenvalue weighted by Crippen LogP contribution is 2.57. The molecule has 0 radical (unpaired) electrons. The lowest BCUT2D eigenvalue weighted by molar-refractivity contribution is -0.149. The zero-order valence-electron chi connectivity index (χ0n) is 17.9. The summed E-state index contributed by atoms with van der Waals surface area (Å²) in [5.74, 6) is 0.760. The van der Waals surface area contributed by atoms with E-state index in [1.807, 2.05) is 6.07 Å². The Bertz CT molecular complexity index is 825. The number of phenols is 1. The Hall–Kier alpha value is -2.04. The van der Waals surface area contributed by atoms with Crippen molar-refractivity contribution in [1.29, 1.82) is 0 Å². The molecular weight excluding hydrogens is 364 g/mol. The molecule has 3 aliphatic rings. The molecule has 5 heteroatoms. The molecule has 1 saturated heterocycles. The van der Waals surface area contributed by atoms with Gasteiger partial charge in [-0.15, -0.1) is 0 Å². The molecule has 4 rings (SSSR count). The van der Waals surface area contributed by atoms with Crippen molar-refractivity contribution in [3.05, 3.63) is 29.3 Å². The van der Waals surface area contributed by atoms with Crippen LogP contribution in [0.15, 0.2) is 18.2 Å². The summed E-state index contributed by atoms with van der Waals surface area (Å²) in [4.78, 5) is 26.9. The molecule has 3 N–H and O–H groups in total. The van der Waals surface area contributed by atoms with Crippen LogP contribution in [0.25, 0.3) is 0 Å². The number of piperidine rings is 1. The van der Waals surface area contributed by atoms with E-state index in [4.69, 9.17) is 5.73 Å². The molecule has 0 spiro atoms. The molecule has 0 unspecified atom stereocenters. The van der Waals surface area contributed by atoms with E-state index in [2.05, 4.69) is 31.7 Å². The summed E-state index contributed by atoms with van der Waals surface area (Å²) in [7, 11) is 0. The SMILES string of the molecule is CC1(C)[C@H]2Cc3c(O)cccc3[C@]1(C)CCN2C(=O)[C@H]1CC[C@@H](CC(N)=O)CC1. The van der Waals surface area contributed by atoms with E-state index in [-0.39, 0.29) is 34.6 Å². The van der Waals surface area contributed by atoms with Crippen LogP contribution in [-0.2, 0) is 21.4 Å². The van der Waals surface area contributed by atoms with E-state index in [9.17, 15) is 14.7 Å². The van der Waals surface area contributed by atoms with Gasteiger partial charge in [0.15, 0.2) is 0 Å². The molecule has 1 heterocycles. The molecule has 2 atom stereocenters. The minimum atomic E-state index is -0.238. The summed E-state index contributed by atoms with van der Waals surface area (Å²) in [6.45, 7) is 7.65. The van der Waals surface area contributed by atoms with Crippen molar-refractivity contribution in [2.75, 3.05) is 6.54 Å². The zero-order chi connectivity index (χ0) is 21.0. The van der Waals surface area contributed by atoms with Crippen molar-refractivity contribution >= 4 is 11.8 Å². The average molecular weight is 399 g/mol. The van der Waals surface area contributed by atoms with Crippen LogP contribution >= 0.6 is 0 Å². The lowest BCUT2D eigenvalue weighted by atomic mass is 9.51. The van der Waals surface area contributed by atoms with E-state index < -0.39 is 0 Å². The largest absolute Gasteiger partial charge is 0.508 e. The number of nitrogens with two attached hydrogens (primary N) is 1. The predicted octanol–water partition coefficient (Wildman–Crippen LogP) is 3.51. The Balaban J connectivity index is 1.56. The van der Waals surface area contributed by atoms with E-state index in [1.165, 1.54) is 5.56 Å². The topological polar surface area (TPSA) is 83.6 Å². The van der Waals surface area contributed by atoms with Crippen molar-refractivity contribution in [1.82, 2.24) is 4.90 Å². The summed E-state index contributed by atoms with van der Waals surface area (Å²) in [5.41, 5.74) is 7.49. The van der Waals surface area contributed by atoms with Crippen LogP contribution in [-0.4, -0.2) is 34.4 Å². The second kappa shape index (κ2) is 7.03. The normalized spacial score (nSPS) is 33.1. The zero-order valence-corrected chi connectivity index (χ0v) is 17.9. The van der Waals surface area contributed by atoms with E-state index in [0.29, 0.717) is 24.5 Å². The summed E-state index contributed by atoms with van der Waals surface area (Å²) in [6, 6.07) is 5.96. The number of hydrogen-bond acceptors (Lipinski definition) is 3. The van der Waals surface area contributed by atoms with Crippen molar-refractivity contribution < 1.29 is 14.7 Å². The number of fused-ring (bicyclic) bond motifs is 4. The quantitative estimate of drug-likeness (QED) is 0.817. The smallest absolute Gasteiger partial charge is 0.225 e. The Kier molecular flexibility index (Phi) is 4.91. The summed E-state index contributed by atoms with van der Waals surface area (Å²) < 4.78 is 0. The van der Waals surface area contributed by atoms with Gasteiger partial charge < -0.3 is 15.7 Å². The first-order chi connectivity index (χ1) is 13.6. The van der Waals surface area contributed by atoms with E-state index in [1.54, 1.807) is 6.07 Å². The number of likely N-dealkylation sites (tertiary alicyclic amines) is 1. The van der Waals surface area contributed by atoms with Crippen LogP contribution in [0.5, 0.6) is 5.75 Å². The first-order valence-electron chi connectivity index (χ1n) is 11.1. The molecule has 1 aromatic carbocycles. The van der Waals surface area contributed by atoms with Crippen LogP contribution in [0.3, 0.4) is 0 Å². The lowest BCUT2D eigenvalue weighted by Gasteiger charge is -2.61. The fourth-order valence-corrected chi connectivity index (χ4v) is 6.32. The van der Waals surface area contributed by atoms with Gasteiger partial charge in [-0.05, 0) is 67.1 Å². The minimum absolute atomic E-state index is 0.0463. The van der Waals surface area contributed by atoms with Gasteiger partial charge >= 0.3 is 0 Å². The van der Waals surface area contributed by atoms with E-state index >= 15 is 0 Å². The van der Waals surface area contributed by atoms with Crippen molar-refractivity contribution in [2.45, 2.75) is 77.2 Å². The fraction of sp³-hybridized carbons (Fsp3) is 0.667. The number of rotatable bonds is 3. The number of primary amides is 1. The molecular formula is C24H34N2O3. The first kappa shape index (κ1) is 20.2. The van der Waals surface area contributed by atoms with Crippen molar-refractivity contribution in [2.24, 2.45) is 23.0 Å². The molecule has 1 aliphatic heterocycles. The Morgan fingerprint density at radius 3 is 2.52 bits per heavy atom. The molecule has 5 nitrogen and oxygen atoms in total. The summed E-state index contributed by atoms with van der Waals surface area (Å²) >= 11 is 0. The molecule has 2 bridgehead atoms.